The molecule has 2 fully saturated rings. The van der Waals surface area contributed by atoms with Crippen molar-refractivity contribution in [2.24, 2.45) is 0 Å². The Hall–Kier alpha value is -1.95. The number of piperidine rings is 1. The van der Waals surface area contributed by atoms with E-state index in [2.05, 4.69) is 15.5 Å². The molecule has 2 aliphatic heterocycles. The fraction of sp³-hybridized carbons (Fsp3) is 0.529. The molecule has 0 aliphatic carbocycles. The zero-order valence-electron chi connectivity index (χ0n) is 15.3. The molecule has 28 heavy (non-hydrogen) atoms. The fourth-order valence-electron chi connectivity index (χ4n) is 3.55. The van der Waals surface area contributed by atoms with Gasteiger partial charge in [-0.15, -0.1) is 11.3 Å². The summed E-state index contributed by atoms with van der Waals surface area (Å²) >= 11 is 1.21. The Labute approximate surface area is 167 Å². The van der Waals surface area contributed by atoms with Gasteiger partial charge in [0.2, 0.25) is 0 Å². The third kappa shape index (κ3) is 4.07. The van der Waals surface area contributed by atoms with E-state index >= 15 is 0 Å². The number of aromatic nitrogens is 2. The monoisotopic (exact) mass is 425 g/mol. The number of sulfonamides is 1. The van der Waals surface area contributed by atoms with Crippen molar-refractivity contribution in [3.8, 4) is 0 Å². The molecule has 2 aliphatic rings. The van der Waals surface area contributed by atoms with E-state index in [0.717, 1.165) is 18.5 Å². The molecule has 2 amide bonds. The van der Waals surface area contributed by atoms with Crippen LogP contribution in [0.1, 0.15) is 24.6 Å². The van der Waals surface area contributed by atoms with Crippen LogP contribution in [0.4, 0.5) is 4.79 Å². The number of thiophene rings is 1. The van der Waals surface area contributed by atoms with Gasteiger partial charge in [-0.05, 0) is 30.4 Å². The Morgan fingerprint density at radius 2 is 2.21 bits per heavy atom. The molecule has 1 unspecified atom stereocenters. The Morgan fingerprint density at radius 1 is 1.32 bits per heavy atom. The van der Waals surface area contributed by atoms with Gasteiger partial charge in [-0.25, -0.2) is 13.2 Å². The number of morpholine rings is 1. The van der Waals surface area contributed by atoms with Gasteiger partial charge in [-0.2, -0.15) is 9.40 Å². The number of carbonyl (C=O) groups is 1. The van der Waals surface area contributed by atoms with E-state index in [4.69, 9.17) is 4.74 Å². The van der Waals surface area contributed by atoms with E-state index in [9.17, 15) is 13.2 Å². The van der Waals surface area contributed by atoms with Crippen LogP contribution in [0.25, 0.3) is 0 Å². The van der Waals surface area contributed by atoms with Crippen molar-refractivity contribution in [3.63, 3.8) is 0 Å². The molecule has 2 aromatic rings. The molecule has 2 N–H and O–H groups in total. The number of urea groups is 1. The summed E-state index contributed by atoms with van der Waals surface area (Å²) in [6, 6.07) is 4.79. The molecule has 4 rings (SSSR count). The predicted molar refractivity (Wildman–Crippen MR) is 103 cm³/mol. The average Bonchev–Trinajstić information content (AvgIpc) is 3.42. The van der Waals surface area contributed by atoms with E-state index in [1.165, 1.54) is 15.6 Å². The van der Waals surface area contributed by atoms with Crippen LogP contribution in [-0.2, 0) is 14.8 Å². The summed E-state index contributed by atoms with van der Waals surface area (Å²) in [5.41, 5.74) is 0.836. The fourth-order valence-corrected chi connectivity index (χ4v) is 6.22. The standard InChI is InChI=1S/C17H23N5O4S2/c23-17(21-8-9-26-15(12-21)14-5-6-18-20-14)19-13-3-1-7-22(11-13)28(24,25)16-4-2-10-27-16/h2,4-6,10,13,15H,1,3,7-9,11-12H2,(H,18,20)(H,19,23)/t13-,15?/m1/s1. The molecule has 152 valence electrons. The molecular formula is C17H23N5O4S2. The van der Waals surface area contributed by atoms with Gasteiger partial charge in [-0.1, -0.05) is 6.07 Å². The number of amides is 2. The summed E-state index contributed by atoms with van der Waals surface area (Å²) in [7, 11) is -3.49. The van der Waals surface area contributed by atoms with Crippen molar-refractivity contribution >= 4 is 27.4 Å². The largest absolute Gasteiger partial charge is 0.368 e. The molecule has 0 radical (unpaired) electrons. The number of carbonyl (C=O) groups excluding carboxylic acids is 1. The molecule has 0 bridgehead atoms. The average molecular weight is 426 g/mol. The van der Waals surface area contributed by atoms with Crippen LogP contribution in [0.2, 0.25) is 0 Å². The Morgan fingerprint density at radius 3 is 2.96 bits per heavy atom. The number of H-pyrrole nitrogens is 1. The van der Waals surface area contributed by atoms with E-state index in [-0.39, 0.29) is 18.2 Å². The molecule has 0 saturated carbocycles. The third-order valence-corrected chi connectivity index (χ3v) is 8.26. The summed E-state index contributed by atoms with van der Waals surface area (Å²) in [4.78, 5) is 14.4. The molecule has 9 nitrogen and oxygen atoms in total. The van der Waals surface area contributed by atoms with Crippen molar-refractivity contribution in [1.82, 2.24) is 24.7 Å². The van der Waals surface area contributed by atoms with Crippen molar-refractivity contribution in [3.05, 3.63) is 35.5 Å². The number of rotatable bonds is 4. The molecule has 2 saturated heterocycles. The molecule has 2 aromatic heterocycles. The van der Waals surface area contributed by atoms with Gasteiger partial charge in [0, 0.05) is 31.9 Å². The number of nitrogens with one attached hydrogen (secondary N) is 2. The Kier molecular flexibility index (Phi) is 5.67. The van der Waals surface area contributed by atoms with Crippen LogP contribution >= 0.6 is 11.3 Å². The summed E-state index contributed by atoms with van der Waals surface area (Å²) < 4.78 is 33.0. The normalized spacial score (nSPS) is 24.2. The van der Waals surface area contributed by atoms with Crippen LogP contribution in [0.5, 0.6) is 0 Å². The SMILES string of the molecule is O=C(N[C@@H]1CCCN(S(=O)(=O)c2cccs2)C1)N1CCOC(c2ccn[nH]2)C1. The second-order valence-corrected chi connectivity index (χ2v) is 10.0. The highest BCUT2D eigenvalue weighted by Crippen LogP contribution is 2.25. The summed E-state index contributed by atoms with van der Waals surface area (Å²) in [6.45, 7) is 2.14. The molecular weight excluding hydrogens is 402 g/mol. The zero-order chi connectivity index (χ0) is 19.6. The number of hydrogen-bond acceptors (Lipinski definition) is 6. The summed E-state index contributed by atoms with van der Waals surface area (Å²) in [6.07, 6.45) is 2.90. The van der Waals surface area contributed by atoms with E-state index < -0.39 is 10.0 Å². The quantitative estimate of drug-likeness (QED) is 0.770. The molecule has 11 heteroatoms. The Bertz CT molecular complexity index is 885. The topological polar surface area (TPSA) is 108 Å². The van der Waals surface area contributed by atoms with Crippen LogP contribution in [0.15, 0.2) is 34.0 Å². The van der Waals surface area contributed by atoms with Gasteiger partial charge in [0.25, 0.3) is 10.0 Å². The first kappa shape index (κ1) is 19.4. The lowest BCUT2D eigenvalue weighted by atomic mass is 10.1. The highest BCUT2D eigenvalue weighted by Gasteiger charge is 2.33. The van der Waals surface area contributed by atoms with E-state index in [1.54, 1.807) is 28.6 Å². The number of hydrogen-bond donors (Lipinski definition) is 2. The minimum Gasteiger partial charge on any atom is -0.368 e. The van der Waals surface area contributed by atoms with Crippen molar-refractivity contribution in [1.29, 1.82) is 0 Å². The minimum absolute atomic E-state index is 0.187. The highest BCUT2D eigenvalue weighted by molar-refractivity contribution is 7.91. The van der Waals surface area contributed by atoms with Crippen molar-refractivity contribution in [2.75, 3.05) is 32.8 Å². The smallest absolute Gasteiger partial charge is 0.317 e. The van der Waals surface area contributed by atoms with E-state index in [1.807, 2.05) is 6.07 Å². The maximum absolute atomic E-state index is 12.7. The number of aromatic amines is 1. The van der Waals surface area contributed by atoms with Crippen LogP contribution < -0.4 is 5.32 Å². The highest BCUT2D eigenvalue weighted by atomic mass is 32.2. The maximum Gasteiger partial charge on any atom is 0.317 e. The van der Waals surface area contributed by atoms with Crippen LogP contribution in [-0.4, -0.2) is 72.7 Å². The summed E-state index contributed by atoms with van der Waals surface area (Å²) in [5, 5.41) is 11.6. The zero-order valence-corrected chi connectivity index (χ0v) is 16.9. The minimum atomic E-state index is -3.49. The first-order valence-electron chi connectivity index (χ1n) is 9.24. The van der Waals surface area contributed by atoms with Crippen LogP contribution in [0, 0.1) is 0 Å². The van der Waals surface area contributed by atoms with Gasteiger partial charge in [0.1, 0.15) is 10.3 Å². The molecule has 4 heterocycles. The van der Waals surface area contributed by atoms with Gasteiger partial charge in [0.15, 0.2) is 0 Å². The first-order valence-corrected chi connectivity index (χ1v) is 11.6. The number of ether oxygens (including phenoxy) is 1. The van der Waals surface area contributed by atoms with Crippen LogP contribution in [0.3, 0.4) is 0 Å². The first-order chi connectivity index (χ1) is 13.5. The van der Waals surface area contributed by atoms with E-state index in [0.29, 0.717) is 37.0 Å². The number of nitrogens with zero attached hydrogens (tertiary/aromatic N) is 3. The van der Waals surface area contributed by atoms with Crippen molar-refractivity contribution in [2.45, 2.75) is 29.2 Å². The lowest BCUT2D eigenvalue weighted by molar-refractivity contribution is -0.0181. The molecule has 0 spiro atoms. The van der Waals surface area contributed by atoms with Gasteiger partial charge < -0.3 is 15.0 Å². The Balaban J connectivity index is 1.36. The lowest BCUT2D eigenvalue weighted by Crippen LogP contribution is -2.54. The lowest BCUT2D eigenvalue weighted by Gasteiger charge is -2.36. The predicted octanol–water partition coefficient (Wildman–Crippen LogP) is 1.41. The second-order valence-electron chi connectivity index (χ2n) is 6.90. The second kappa shape index (κ2) is 8.19. The van der Waals surface area contributed by atoms with Gasteiger partial charge >= 0.3 is 6.03 Å². The van der Waals surface area contributed by atoms with Crippen molar-refractivity contribution < 1.29 is 17.9 Å². The molecule has 0 aromatic carbocycles. The third-order valence-electron chi connectivity index (χ3n) is 5.02. The summed E-state index contributed by atoms with van der Waals surface area (Å²) in [5.74, 6) is 0. The maximum atomic E-state index is 12.7. The van der Waals surface area contributed by atoms with Gasteiger partial charge in [0.05, 0.1) is 18.8 Å². The molecule has 2 atom stereocenters. The van der Waals surface area contributed by atoms with Gasteiger partial charge in [-0.3, -0.25) is 5.10 Å².